The Morgan fingerprint density at radius 3 is 2.55 bits per heavy atom. The molecule has 0 N–H and O–H groups in total. The summed E-state index contributed by atoms with van der Waals surface area (Å²) in [4.78, 5) is 11.9. The Hall–Kier alpha value is -1.88. The van der Waals surface area contributed by atoms with E-state index in [4.69, 9.17) is 9.47 Å². The maximum absolute atomic E-state index is 12.8. The first-order valence-electron chi connectivity index (χ1n) is 5.86. The molecule has 0 bridgehead atoms. The molecule has 0 fully saturated rings. The lowest BCUT2D eigenvalue weighted by Gasteiger charge is -2.11. The van der Waals surface area contributed by atoms with Crippen molar-refractivity contribution >= 4 is 21.7 Å². The molecule has 104 valence electrons. The minimum Gasteiger partial charge on any atom is -0.493 e. The van der Waals surface area contributed by atoms with Crippen LogP contribution in [-0.4, -0.2) is 19.5 Å². The van der Waals surface area contributed by atoms with Crippen molar-refractivity contribution < 1.29 is 18.7 Å². The first-order chi connectivity index (χ1) is 9.61. The first-order valence-corrected chi connectivity index (χ1v) is 6.65. The fraction of sp³-hybridized carbons (Fsp3) is 0.133. The molecule has 0 spiro atoms. The minimum atomic E-state index is -0.380. The summed E-state index contributed by atoms with van der Waals surface area (Å²) in [5.41, 5.74) is 0.400. The lowest BCUT2D eigenvalue weighted by molar-refractivity contribution is 0.0919. The number of Topliss-reactive ketones (excluding diaryl/α,β-unsaturated/α-hetero) is 1. The van der Waals surface area contributed by atoms with Gasteiger partial charge in [-0.2, -0.15) is 0 Å². The predicted molar refractivity (Wildman–Crippen MR) is 76.9 cm³/mol. The molecule has 0 heterocycles. The van der Waals surface area contributed by atoms with E-state index < -0.39 is 0 Å². The Morgan fingerprint density at radius 2 is 1.90 bits per heavy atom. The average Bonchev–Trinajstić information content (AvgIpc) is 2.46. The zero-order chi connectivity index (χ0) is 14.5. The highest BCUT2D eigenvalue weighted by molar-refractivity contribution is 9.10. The normalized spacial score (nSPS) is 10.2. The SMILES string of the molecule is COc1cccc(Br)c1OCC(=O)c1ccc(F)cc1. The maximum atomic E-state index is 12.8. The molecule has 0 unspecified atom stereocenters. The van der Waals surface area contributed by atoms with Crippen molar-refractivity contribution in [1.29, 1.82) is 0 Å². The van der Waals surface area contributed by atoms with E-state index in [1.54, 1.807) is 18.2 Å². The second-order valence-corrected chi connectivity index (χ2v) is 4.84. The lowest BCUT2D eigenvalue weighted by atomic mass is 10.1. The van der Waals surface area contributed by atoms with Crippen molar-refractivity contribution in [2.24, 2.45) is 0 Å². The van der Waals surface area contributed by atoms with E-state index in [2.05, 4.69) is 15.9 Å². The molecule has 0 saturated carbocycles. The van der Waals surface area contributed by atoms with Crippen LogP contribution in [0.2, 0.25) is 0 Å². The smallest absolute Gasteiger partial charge is 0.200 e. The monoisotopic (exact) mass is 338 g/mol. The summed E-state index contributed by atoms with van der Waals surface area (Å²) in [6, 6.07) is 10.7. The molecule has 0 saturated heterocycles. The molecule has 0 atom stereocenters. The number of rotatable bonds is 5. The van der Waals surface area contributed by atoms with Crippen LogP contribution in [0.3, 0.4) is 0 Å². The van der Waals surface area contributed by atoms with Gasteiger partial charge in [0.05, 0.1) is 11.6 Å². The summed E-state index contributed by atoms with van der Waals surface area (Å²) < 4.78 is 24.1. The van der Waals surface area contributed by atoms with Crippen LogP contribution >= 0.6 is 15.9 Å². The summed E-state index contributed by atoms with van der Waals surface area (Å²) in [6.07, 6.45) is 0. The number of carbonyl (C=O) groups is 1. The summed E-state index contributed by atoms with van der Waals surface area (Å²) in [5, 5.41) is 0. The highest BCUT2D eigenvalue weighted by Gasteiger charge is 2.12. The molecule has 0 aliphatic rings. The average molecular weight is 339 g/mol. The molecule has 2 aromatic carbocycles. The van der Waals surface area contributed by atoms with Gasteiger partial charge in [-0.1, -0.05) is 6.07 Å². The van der Waals surface area contributed by atoms with Gasteiger partial charge in [0, 0.05) is 5.56 Å². The molecule has 5 heteroatoms. The summed E-state index contributed by atoms with van der Waals surface area (Å²) in [5.74, 6) is 0.384. The lowest BCUT2D eigenvalue weighted by Crippen LogP contribution is -2.12. The molecular weight excluding hydrogens is 327 g/mol. The zero-order valence-corrected chi connectivity index (χ0v) is 12.3. The van der Waals surface area contributed by atoms with Gasteiger partial charge in [-0.05, 0) is 52.3 Å². The number of ether oxygens (including phenoxy) is 2. The van der Waals surface area contributed by atoms with Crippen LogP contribution in [0.25, 0.3) is 0 Å². The van der Waals surface area contributed by atoms with Crippen LogP contribution < -0.4 is 9.47 Å². The second kappa shape index (κ2) is 6.52. The Kier molecular flexibility index (Phi) is 4.74. The first kappa shape index (κ1) is 14.5. The van der Waals surface area contributed by atoms with Gasteiger partial charge < -0.3 is 9.47 Å². The molecule has 0 aliphatic carbocycles. The third kappa shape index (κ3) is 3.36. The van der Waals surface area contributed by atoms with Crippen LogP contribution in [0.1, 0.15) is 10.4 Å². The number of benzene rings is 2. The number of ketones is 1. The van der Waals surface area contributed by atoms with E-state index >= 15 is 0 Å². The second-order valence-electron chi connectivity index (χ2n) is 3.99. The molecule has 0 aromatic heterocycles. The van der Waals surface area contributed by atoms with E-state index in [0.717, 1.165) is 0 Å². The van der Waals surface area contributed by atoms with E-state index in [-0.39, 0.29) is 18.2 Å². The van der Waals surface area contributed by atoms with Gasteiger partial charge in [0.1, 0.15) is 5.82 Å². The Morgan fingerprint density at radius 1 is 1.20 bits per heavy atom. The predicted octanol–water partition coefficient (Wildman–Crippen LogP) is 3.86. The molecule has 0 amide bonds. The van der Waals surface area contributed by atoms with Crippen molar-refractivity contribution in [3.8, 4) is 11.5 Å². The van der Waals surface area contributed by atoms with Crippen molar-refractivity contribution in [2.75, 3.05) is 13.7 Å². The maximum Gasteiger partial charge on any atom is 0.200 e. The molecule has 2 aromatic rings. The van der Waals surface area contributed by atoms with Crippen LogP contribution in [-0.2, 0) is 0 Å². The molecule has 3 nitrogen and oxygen atoms in total. The highest BCUT2D eigenvalue weighted by Crippen LogP contribution is 2.34. The van der Waals surface area contributed by atoms with E-state index in [1.807, 2.05) is 0 Å². The number of halogens is 2. The Labute approximate surface area is 124 Å². The molecule has 20 heavy (non-hydrogen) atoms. The topological polar surface area (TPSA) is 35.5 Å². The van der Waals surface area contributed by atoms with Crippen molar-refractivity contribution in [2.45, 2.75) is 0 Å². The van der Waals surface area contributed by atoms with Gasteiger partial charge in [-0.3, -0.25) is 4.79 Å². The van der Waals surface area contributed by atoms with Crippen LogP contribution in [0, 0.1) is 5.82 Å². The van der Waals surface area contributed by atoms with Crippen molar-refractivity contribution in [1.82, 2.24) is 0 Å². The molecule has 0 radical (unpaired) electrons. The van der Waals surface area contributed by atoms with Crippen LogP contribution in [0.4, 0.5) is 4.39 Å². The van der Waals surface area contributed by atoms with Gasteiger partial charge >= 0.3 is 0 Å². The Bertz CT molecular complexity index is 611. The highest BCUT2D eigenvalue weighted by atomic mass is 79.9. The third-order valence-corrected chi connectivity index (χ3v) is 3.29. The standard InChI is InChI=1S/C15H12BrFO3/c1-19-14-4-2-3-12(16)15(14)20-9-13(18)10-5-7-11(17)8-6-10/h2-8H,9H2,1H3. The number of hydrogen-bond acceptors (Lipinski definition) is 3. The van der Waals surface area contributed by atoms with Crippen LogP contribution in [0.15, 0.2) is 46.9 Å². The number of carbonyl (C=O) groups excluding carboxylic acids is 1. The van der Waals surface area contributed by atoms with E-state index in [1.165, 1.54) is 31.4 Å². The van der Waals surface area contributed by atoms with Gasteiger partial charge in [-0.15, -0.1) is 0 Å². The van der Waals surface area contributed by atoms with Crippen molar-refractivity contribution in [3.63, 3.8) is 0 Å². The largest absolute Gasteiger partial charge is 0.493 e. The van der Waals surface area contributed by atoms with Crippen LogP contribution in [0.5, 0.6) is 11.5 Å². The summed E-state index contributed by atoms with van der Waals surface area (Å²) in [6.45, 7) is -0.148. The number of para-hydroxylation sites is 1. The Balaban J connectivity index is 2.09. The number of hydrogen-bond donors (Lipinski definition) is 0. The zero-order valence-electron chi connectivity index (χ0n) is 10.7. The summed E-state index contributed by atoms with van der Waals surface area (Å²) >= 11 is 3.34. The quantitative estimate of drug-likeness (QED) is 0.776. The molecular formula is C15H12BrFO3. The van der Waals surface area contributed by atoms with Gasteiger partial charge in [0.15, 0.2) is 23.9 Å². The van der Waals surface area contributed by atoms with Gasteiger partial charge in [0.25, 0.3) is 0 Å². The molecule has 0 aliphatic heterocycles. The minimum absolute atomic E-state index is 0.148. The fourth-order valence-electron chi connectivity index (χ4n) is 1.65. The number of methoxy groups -OCH3 is 1. The van der Waals surface area contributed by atoms with Crippen molar-refractivity contribution in [3.05, 3.63) is 58.3 Å². The van der Waals surface area contributed by atoms with Gasteiger partial charge in [0.2, 0.25) is 0 Å². The van der Waals surface area contributed by atoms with E-state index in [9.17, 15) is 9.18 Å². The fourth-order valence-corrected chi connectivity index (χ4v) is 2.11. The molecule has 2 rings (SSSR count). The summed E-state index contributed by atoms with van der Waals surface area (Å²) in [7, 11) is 1.52. The third-order valence-electron chi connectivity index (χ3n) is 2.66. The van der Waals surface area contributed by atoms with E-state index in [0.29, 0.717) is 21.5 Å². The van der Waals surface area contributed by atoms with Gasteiger partial charge in [-0.25, -0.2) is 4.39 Å².